The summed E-state index contributed by atoms with van der Waals surface area (Å²) >= 11 is 3.73. The summed E-state index contributed by atoms with van der Waals surface area (Å²) in [5.74, 6) is 0. The van der Waals surface area contributed by atoms with E-state index in [-0.39, 0.29) is 5.54 Å². The maximum atomic E-state index is 4.62. The molecule has 4 nitrogen and oxygen atoms in total. The van der Waals surface area contributed by atoms with Gasteiger partial charge in [0, 0.05) is 25.2 Å². The summed E-state index contributed by atoms with van der Waals surface area (Å²) in [5.41, 5.74) is 2.68. The molecule has 120 valence electrons. The number of rotatable bonds is 5. The highest BCUT2D eigenvalue weighted by Gasteiger charge is 2.30. The Bertz CT molecular complexity index is 465. The van der Waals surface area contributed by atoms with Crippen LogP contribution in [0.3, 0.4) is 0 Å². The molecule has 1 saturated heterocycles. The van der Waals surface area contributed by atoms with Crippen LogP contribution >= 0.6 is 15.9 Å². The molecule has 1 aromatic heterocycles. The predicted molar refractivity (Wildman–Crippen MR) is 91.5 cm³/mol. The van der Waals surface area contributed by atoms with Crippen LogP contribution in [0.15, 0.2) is 4.47 Å². The number of hydrogen-bond donors (Lipinski definition) is 1. The highest BCUT2D eigenvalue weighted by molar-refractivity contribution is 9.10. The molecule has 5 heteroatoms. The van der Waals surface area contributed by atoms with Gasteiger partial charge in [0.25, 0.3) is 0 Å². The Morgan fingerprint density at radius 3 is 2.62 bits per heavy atom. The van der Waals surface area contributed by atoms with E-state index in [2.05, 4.69) is 63.6 Å². The molecule has 1 aliphatic heterocycles. The summed E-state index contributed by atoms with van der Waals surface area (Å²) in [4.78, 5) is 2.60. The molecular formula is C16H29BrN4. The molecule has 0 spiro atoms. The fraction of sp³-hybridized carbons (Fsp3) is 0.812. The van der Waals surface area contributed by atoms with Crippen molar-refractivity contribution in [3.63, 3.8) is 0 Å². The smallest absolute Gasteiger partial charge is 0.0739 e. The molecule has 1 aliphatic rings. The van der Waals surface area contributed by atoms with Crippen molar-refractivity contribution >= 4 is 15.9 Å². The Hall–Kier alpha value is -0.390. The molecule has 0 saturated carbocycles. The standard InChI is InChI=1S/C16H29BrN4/c1-5-16(6-2)12-20(10-8-9-18-16)11-14-15(17)13(4)19-21(14)7-3/h18H,5-12H2,1-4H3. The van der Waals surface area contributed by atoms with Gasteiger partial charge < -0.3 is 5.32 Å². The summed E-state index contributed by atoms with van der Waals surface area (Å²) in [5, 5.41) is 8.40. The van der Waals surface area contributed by atoms with Gasteiger partial charge >= 0.3 is 0 Å². The average molecular weight is 357 g/mol. The van der Waals surface area contributed by atoms with Crippen LogP contribution in [0.2, 0.25) is 0 Å². The van der Waals surface area contributed by atoms with Crippen molar-refractivity contribution in [2.24, 2.45) is 0 Å². The molecular weight excluding hydrogens is 328 g/mol. The zero-order chi connectivity index (χ0) is 15.5. The topological polar surface area (TPSA) is 33.1 Å². The number of hydrogen-bond acceptors (Lipinski definition) is 3. The van der Waals surface area contributed by atoms with Crippen LogP contribution < -0.4 is 5.32 Å². The van der Waals surface area contributed by atoms with Crippen molar-refractivity contribution < 1.29 is 0 Å². The molecule has 2 heterocycles. The van der Waals surface area contributed by atoms with Gasteiger partial charge in [-0.05, 0) is 62.1 Å². The average Bonchev–Trinajstić information content (AvgIpc) is 2.69. The van der Waals surface area contributed by atoms with E-state index < -0.39 is 0 Å². The van der Waals surface area contributed by atoms with Gasteiger partial charge in [0.05, 0.1) is 15.9 Å². The van der Waals surface area contributed by atoms with Crippen molar-refractivity contribution in [3.05, 3.63) is 15.9 Å². The van der Waals surface area contributed by atoms with E-state index in [0.29, 0.717) is 0 Å². The lowest BCUT2D eigenvalue weighted by Crippen LogP contribution is -2.50. The number of halogens is 1. The van der Waals surface area contributed by atoms with Crippen molar-refractivity contribution in [1.29, 1.82) is 0 Å². The van der Waals surface area contributed by atoms with E-state index >= 15 is 0 Å². The summed E-state index contributed by atoms with van der Waals surface area (Å²) in [7, 11) is 0. The first-order valence-corrected chi connectivity index (χ1v) is 9.03. The number of aryl methyl sites for hydroxylation is 2. The van der Waals surface area contributed by atoms with E-state index in [1.54, 1.807) is 0 Å². The van der Waals surface area contributed by atoms with Gasteiger partial charge in [-0.25, -0.2) is 0 Å². The van der Waals surface area contributed by atoms with Crippen molar-refractivity contribution in [2.45, 2.75) is 65.6 Å². The van der Waals surface area contributed by atoms with Gasteiger partial charge in [-0.3, -0.25) is 9.58 Å². The minimum Gasteiger partial charge on any atom is -0.310 e. The largest absolute Gasteiger partial charge is 0.310 e. The Morgan fingerprint density at radius 2 is 2.00 bits per heavy atom. The summed E-state index contributed by atoms with van der Waals surface area (Å²) in [6.45, 7) is 14.2. The van der Waals surface area contributed by atoms with Crippen LogP contribution in [0.25, 0.3) is 0 Å². The van der Waals surface area contributed by atoms with Gasteiger partial charge in [-0.1, -0.05) is 13.8 Å². The maximum Gasteiger partial charge on any atom is 0.0739 e. The molecule has 2 rings (SSSR count). The molecule has 0 amide bonds. The quantitative estimate of drug-likeness (QED) is 0.878. The van der Waals surface area contributed by atoms with E-state index in [0.717, 1.165) is 38.4 Å². The number of aromatic nitrogens is 2. The van der Waals surface area contributed by atoms with Crippen molar-refractivity contribution in [2.75, 3.05) is 19.6 Å². The molecule has 1 aromatic rings. The van der Waals surface area contributed by atoms with E-state index in [1.165, 1.54) is 29.4 Å². The number of nitrogens with zero attached hydrogens (tertiary/aromatic N) is 3. The normalized spacial score (nSPS) is 19.7. The van der Waals surface area contributed by atoms with Crippen LogP contribution in [0.1, 0.15) is 51.4 Å². The fourth-order valence-electron chi connectivity index (χ4n) is 3.31. The van der Waals surface area contributed by atoms with Gasteiger partial charge in [-0.15, -0.1) is 0 Å². The van der Waals surface area contributed by atoms with Gasteiger partial charge in [0.2, 0.25) is 0 Å². The highest BCUT2D eigenvalue weighted by Crippen LogP contribution is 2.25. The van der Waals surface area contributed by atoms with Gasteiger partial charge in [0.15, 0.2) is 0 Å². The molecule has 0 atom stereocenters. The van der Waals surface area contributed by atoms with Crippen LogP contribution in [0, 0.1) is 6.92 Å². The maximum absolute atomic E-state index is 4.62. The summed E-state index contributed by atoms with van der Waals surface area (Å²) in [6.07, 6.45) is 3.60. The van der Waals surface area contributed by atoms with Crippen LogP contribution in [-0.2, 0) is 13.1 Å². The molecule has 0 aromatic carbocycles. The molecule has 0 bridgehead atoms. The Labute approximate surface area is 137 Å². The van der Waals surface area contributed by atoms with E-state index in [1.807, 2.05) is 0 Å². The lowest BCUT2D eigenvalue weighted by atomic mass is 9.92. The van der Waals surface area contributed by atoms with Crippen LogP contribution in [0.4, 0.5) is 0 Å². The lowest BCUT2D eigenvalue weighted by Gasteiger charge is -2.35. The van der Waals surface area contributed by atoms with Gasteiger partial charge in [0.1, 0.15) is 0 Å². The van der Waals surface area contributed by atoms with E-state index in [9.17, 15) is 0 Å². The van der Waals surface area contributed by atoms with E-state index in [4.69, 9.17) is 0 Å². The third-order valence-electron chi connectivity index (χ3n) is 4.86. The second kappa shape index (κ2) is 7.25. The summed E-state index contributed by atoms with van der Waals surface area (Å²) < 4.78 is 3.32. The first-order valence-electron chi connectivity index (χ1n) is 8.24. The molecule has 1 N–H and O–H groups in total. The lowest BCUT2D eigenvalue weighted by molar-refractivity contribution is 0.187. The molecule has 0 radical (unpaired) electrons. The fourth-order valence-corrected chi connectivity index (χ4v) is 3.72. The second-order valence-corrected chi connectivity index (χ2v) is 6.93. The zero-order valence-electron chi connectivity index (χ0n) is 13.9. The zero-order valence-corrected chi connectivity index (χ0v) is 15.5. The first kappa shape index (κ1) is 17.0. The molecule has 0 aliphatic carbocycles. The monoisotopic (exact) mass is 356 g/mol. The molecule has 21 heavy (non-hydrogen) atoms. The number of nitrogens with one attached hydrogen (secondary N) is 1. The van der Waals surface area contributed by atoms with Crippen molar-refractivity contribution in [3.8, 4) is 0 Å². The Balaban J connectivity index is 2.18. The minimum absolute atomic E-state index is 0.273. The minimum atomic E-state index is 0.273. The van der Waals surface area contributed by atoms with Crippen LogP contribution in [0.5, 0.6) is 0 Å². The Morgan fingerprint density at radius 1 is 1.29 bits per heavy atom. The molecule has 0 unspecified atom stereocenters. The Kier molecular flexibility index (Phi) is 5.86. The van der Waals surface area contributed by atoms with Crippen LogP contribution in [-0.4, -0.2) is 39.9 Å². The summed E-state index contributed by atoms with van der Waals surface area (Å²) in [6, 6.07) is 0. The van der Waals surface area contributed by atoms with Crippen molar-refractivity contribution in [1.82, 2.24) is 20.0 Å². The molecule has 1 fully saturated rings. The highest BCUT2D eigenvalue weighted by atomic mass is 79.9. The third kappa shape index (κ3) is 3.69. The van der Waals surface area contributed by atoms with Gasteiger partial charge in [-0.2, -0.15) is 5.10 Å². The third-order valence-corrected chi connectivity index (χ3v) is 5.89. The second-order valence-electron chi connectivity index (χ2n) is 6.14. The predicted octanol–water partition coefficient (Wildman–Crippen LogP) is 3.33. The SMILES string of the molecule is CCn1nc(C)c(Br)c1CN1CCCNC(CC)(CC)C1. The first-order chi connectivity index (χ1) is 10.0.